The molecule has 2 aromatic rings. The Bertz CT molecular complexity index is 761. The van der Waals surface area contributed by atoms with Crippen LogP contribution in [0.5, 0.6) is 5.75 Å². The van der Waals surface area contributed by atoms with Gasteiger partial charge in [0.2, 0.25) is 5.91 Å². The Hall–Kier alpha value is -2.44. The summed E-state index contributed by atoms with van der Waals surface area (Å²) in [4.78, 5) is 19.0. The van der Waals surface area contributed by atoms with E-state index in [1.807, 2.05) is 44.3 Å². The van der Waals surface area contributed by atoms with Gasteiger partial charge in [-0.3, -0.25) is 14.6 Å². The number of benzene rings is 2. The first-order valence-electron chi connectivity index (χ1n) is 10.2. The number of carbonyl (C=O) groups is 1. The number of piperazine rings is 1. The molecule has 1 aliphatic rings. The monoisotopic (exact) mass is 399 g/mol. The maximum Gasteiger partial charge on any atom is 0.236 e. The Kier molecular flexibility index (Phi) is 7.61. The number of likely N-dealkylation sites (N-methyl/N-ethyl adjacent to an activating group) is 1. The molecule has 0 aromatic heterocycles. The quantitative estimate of drug-likeness (QED) is 0.684. The minimum absolute atomic E-state index is 0.0838. The number of hydrogen-bond acceptors (Lipinski definition) is 4. The first-order chi connectivity index (χ1) is 14.0. The van der Waals surface area contributed by atoms with Crippen LogP contribution in [0.15, 0.2) is 54.6 Å². The molecule has 1 heterocycles. The summed E-state index contributed by atoms with van der Waals surface area (Å²) in [7, 11) is 1.81. The number of rotatable bonds is 8. The molecule has 6 heteroatoms. The Labute approximate surface area is 172 Å². The van der Waals surface area contributed by atoms with E-state index in [-0.39, 0.29) is 17.8 Å². The molecule has 156 valence electrons. The zero-order valence-corrected chi connectivity index (χ0v) is 17.3. The van der Waals surface area contributed by atoms with Crippen LogP contribution in [0.4, 0.5) is 4.39 Å². The molecule has 0 aliphatic carbocycles. The van der Waals surface area contributed by atoms with Crippen molar-refractivity contribution in [2.45, 2.75) is 13.0 Å². The lowest BCUT2D eigenvalue weighted by molar-refractivity contribution is -0.133. The summed E-state index contributed by atoms with van der Waals surface area (Å²) < 4.78 is 18.9. The number of hydrogen-bond donors (Lipinski definition) is 0. The summed E-state index contributed by atoms with van der Waals surface area (Å²) in [5.41, 5.74) is 0.936. The zero-order valence-electron chi connectivity index (χ0n) is 17.3. The van der Waals surface area contributed by atoms with Crippen LogP contribution in [0.25, 0.3) is 0 Å². The van der Waals surface area contributed by atoms with E-state index in [4.69, 9.17) is 4.74 Å². The van der Waals surface area contributed by atoms with Crippen molar-refractivity contribution in [2.75, 3.05) is 52.9 Å². The highest BCUT2D eigenvalue weighted by atomic mass is 19.1. The lowest BCUT2D eigenvalue weighted by atomic mass is 10.1. The van der Waals surface area contributed by atoms with Gasteiger partial charge in [0, 0.05) is 39.8 Å². The summed E-state index contributed by atoms with van der Waals surface area (Å²) in [6, 6.07) is 16.1. The lowest BCUT2D eigenvalue weighted by Gasteiger charge is -2.35. The van der Waals surface area contributed by atoms with Gasteiger partial charge in [-0.2, -0.15) is 0 Å². The standard InChI is InChI=1S/C23H30FN3O2/c1-19(20-8-10-21(24)11-9-20)25(2)23(28)18-27-14-12-26(13-15-27)16-17-29-22-6-4-3-5-7-22/h3-11,19H,12-18H2,1-2H3. The Morgan fingerprint density at radius 2 is 1.66 bits per heavy atom. The van der Waals surface area contributed by atoms with Crippen molar-refractivity contribution in [3.05, 3.63) is 66.0 Å². The van der Waals surface area contributed by atoms with Gasteiger partial charge in [-0.25, -0.2) is 4.39 Å². The van der Waals surface area contributed by atoms with Crippen LogP contribution in [-0.2, 0) is 4.79 Å². The molecule has 1 fully saturated rings. The molecule has 0 saturated carbocycles. The van der Waals surface area contributed by atoms with Crippen LogP contribution in [0.1, 0.15) is 18.5 Å². The number of carbonyl (C=O) groups excluding carboxylic acids is 1. The average Bonchev–Trinajstić information content (AvgIpc) is 2.75. The van der Waals surface area contributed by atoms with E-state index in [0.29, 0.717) is 13.2 Å². The van der Waals surface area contributed by atoms with E-state index in [0.717, 1.165) is 44.0 Å². The second kappa shape index (κ2) is 10.4. The van der Waals surface area contributed by atoms with Gasteiger partial charge in [-0.15, -0.1) is 0 Å². The fraction of sp³-hybridized carbons (Fsp3) is 0.435. The molecular formula is C23H30FN3O2. The third-order valence-corrected chi connectivity index (χ3v) is 5.57. The van der Waals surface area contributed by atoms with Gasteiger partial charge in [-0.1, -0.05) is 30.3 Å². The number of para-hydroxylation sites is 1. The van der Waals surface area contributed by atoms with E-state index < -0.39 is 0 Å². The lowest BCUT2D eigenvalue weighted by Crippen LogP contribution is -2.50. The minimum atomic E-state index is -0.262. The van der Waals surface area contributed by atoms with Crippen LogP contribution in [0, 0.1) is 5.82 Å². The van der Waals surface area contributed by atoms with Gasteiger partial charge in [0.15, 0.2) is 0 Å². The molecule has 1 atom stereocenters. The van der Waals surface area contributed by atoms with E-state index in [1.54, 1.807) is 17.0 Å². The van der Waals surface area contributed by atoms with Gasteiger partial charge in [0.25, 0.3) is 0 Å². The smallest absolute Gasteiger partial charge is 0.236 e. The summed E-state index contributed by atoms with van der Waals surface area (Å²) >= 11 is 0. The summed E-state index contributed by atoms with van der Waals surface area (Å²) in [5.74, 6) is 0.722. The topological polar surface area (TPSA) is 36.0 Å². The predicted octanol–water partition coefficient (Wildman–Crippen LogP) is 3.04. The summed E-state index contributed by atoms with van der Waals surface area (Å²) in [6.45, 7) is 7.54. The molecule has 0 bridgehead atoms. The minimum Gasteiger partial charge on any atom is -0.492 e. The van der Waals surface area contributed by atoms with E-state index in [2.05, 4.69) is 9.80 Å². The molecule has 1 saturated heterocycles. The SMILES string of the molecule is CC(c1ccc(F)cc1)N(C)C(=O)CN1CCN(CCOc2ccccc2)CC1. The molecule has 5 nitrogen and oxygen atoms in total. The van der Waals surface area contributed by atoms with Crippen molar-refractivity contribution in [3.63, 3.8) is 0 Å². The van der Waals surface area contributed by atoms with Gasteiger partial charge in [-0.05, 0) is 36.8 Å². The van der Waals surface area contributed by atoms with Crippen LogP contribution >= 0.6 is 0 Å². The Balaban J connectivity index is 1.38. The van der Waals surface area contributed by atoms with Gasteiger partial charge in [0.1, 0.15) is 18.2 Å². The van der Waals surface area contributed by atoms with E-state index in [1.165, 1.54) is 12.1 Å². The van der Waals surface area contributed by atoms with Crippen molar-refractivity contribution >= 4 is 5.91 Å². The van der Waals surface area contributed by atoms with Crippen molar-refractivity contribution in [1.82, 2.24) is 14.7 Å². The average molecular weight is 400 g/mol. The summed E-state index contributed by atoms with van der Waals surface area (Å²) in [6.07, 6.45) is 0. The highest BCUT2D eigenvalue weighted by molar-refractivity contribution is 5.78. The first-order valence-corrected chi connectivity index (χ1v) is 10.2. The maximum atomic E-state index is 13.1. The number of amides is 1. The van der Waals surface area contributed by atoms with Gasteiger partial charge >= 0.3 is 0 Å². The summed E-state index contributed by atoms with van der Waals surface area (Å²) in [5, 5.41) is 0. The largest absolute Gasteiger partial charge is 0.492 e. The highest BCUT2D eigenvalue weighted by Gasteiger charge is 2.23. The van der Waals surface area contributed by atoms with Crippen LogP contribution in [-0.4, -0.2) is 73.5 Å². The number of ether oxygens (including phenoxy) is 1. The second-order valence-electron chi connectivity index (χ2n) is 7.51. The molecule has 0 radical (unpaired) electrons. The fourth-order valence-corrected chi connectivity index (χ4v) is 3.46. The van der Waals surface area contributed by atoms with Crippen molar-refractivity contribution in [2.24, 2.45) is 0 Å². The van der Waals surface area contributed by atoms with Crippen molar-refractivity contribution in [3.8, 4) is 5.75 Å². The third-order valence-electron chi connectivity index (χ3n) is 5.57. The molecular weight excluding hydrogens is 369 g/mol. The van der Waals surface area contributed by atoms with Crippen molar-refractivity contribution in [1.29, 1.82) is 0 Å². The third kappa shape index (κ3) is 6.27. The maximum absolute atomic E-state index is 13.1. The highest BCUT2D eigenvalue weighted by Crippen LogP contribution is 2.19. The Morgan fingerprint density at radius 1 is 1.03 bits per heavy atom. The van der Waals surface area contributed by atoms with E-state index in [9.17, 15) is 9.18 Å². The van der Waals surface area contributed by atoms with Crippen LogP contribution < -0.4 is 4.74 Å². The molecule has 0 N–H and O–H groups in total. The normalized spacial score (nSPS) is 16.4. The van der Waals surface area contributed by atoms with E-state index >= 15 is 0 Å². The molecule has 29 heavy (non-hydrogen) atoms. The second-order valence-corrected chi connectivity index (χ2v) is 7.51. The fourth-order valence-electron chi connectivity index (χ4n) is 3.46. The zero-order chi connectivity index (χ0) is 20.6. The Morgan fingerprint density at radius 3 is 2.31 bits per heavy atom. The predicted molar refractivity (Wildman–Crippen MR) is 112 cm³/mol. The molecule has 3 rings (SSSR count). The molecule has 1 amide bonds. The van der Waals surface area contributed by atoms with Crippen molar-refractivity contribution < 1.29 is 13.9 Å². The van der Waals surface area contributed by atoms with Gasteiger partial charge in [0.05, 0.1) is 12.6 Å². The molecule has 1 unspecified atom stereocenters. The van der Waals surface area contributed by atoms with Gasteiger partial charge < -0.3 is 9.64 Å². The first kappa shape index (κ1) is 21.3. The van der Waals surface area contributed by atoms with Crippen LogP contribution in [0.2, 0.25) is 0 Å². The van der Waals surface area contributed by atoms with Crippen LogP contribution in [0.3, 0.4) is 0 Å². The number of halogens is 1. The number of nitrogens with zero attached hydrogens (tertiary/aromatic N) is 3. The molecule has 1 aliphatic heterocycles. The molecule has 2 aromatic carbocycles. The molecule has 0 spiro atoms.